The van der Waals surface area contributed by atoms with E-state index in [0.717, 1.165) is 33.9 Å². The normalized spacial score (nSPS) is 11.5. The van der Waals surface area contributed by atoms with Crippen LogP contribution in [0, 0.1) is 0 Å². The Morgan fingerprint density at radius 3 is 1.34 bits per heavy atom. The average molecular weight is 941 g/mol. The quantitative estimate of drug-likeness (QED) is 0.131. The minimum absolute atomic E-state index is 1.07. The highest BCUT2D eigenvalue weighted by Gasteiger charge is 2.21. The zero-order valence-electron chi connectivity index (χ0n) is 40.6. The summed E-state index contributed by atoms with van der Waals surface area (Å²) in [4.78, 5) is 2.41. The van der Waals surface area contributed by atoms with Crippen molar-refractivity contribution in [3.63, 3.8) is 0 Å². The molecule has 0 N–H and O–H groups in total. The molecule has 0 amide bonds. The maximum absolute atomic E-state index is 2.45. The van der Waals surface area contributed by atoms with Crippen LogP contribution in [0.2, 0.25) is 0 Å². The van der Waals surface area contributed by atoms with Crippen molar-refractivity contribution in [2.75, 3.05) is 4.90 Å². The first-order chi connectivity index (χ1) is 36.7. The van der Waals surface area contributed by atoms with E-state index in [4.69, 9.17) is 0 Å². The number of rotatable bonds is 9. The molecule has 2 nitrogen and oxygen atoms in total. The molecule has 0 spiro atoms. The number of para-hydroxylation sites is 2. The van der Waals surface area contributed by atoms with Gasteiger partial charge in [0.15, 0.2) is 0 Å². The number of nitrogens with zero attached hydrogens (tertiary/aromatic N) is 2. The molecule has 1 heterocycles. The van der Waals surface area contributed by atoms with Gasteiger partial charge in [0.05, 0.1) is 11.0 Å². The van der Waals surface area contributed by atoms with Crippen LogP contribution in [0.4, 0.5) is 17.1 Å². The van der Waals surface area contributed by atoms with E-state index in [2.05, 4.69) is 301 Å². The van der Waals surface area contributed by atoms with E-state index in [1.165, 1.54) is 98.6 Å². The number of hydrogen-bond donors (Lipinski definition) is 0. The van der Waals surface area contributed by atoms with Crippen LogP contribution in [0.25, 0.3) is 115 Å². The van der Waals surface area contributed by atoms with Gasteiger partial charge in [0, 0.05) is 38.9 Å². The van der Waals surface area contributed by atoms with Gasteiger partial charge < -0.3 is 9.47 Å². The van der Waals surface area contributed by atoms with Crippen LogP contribution in [0.3, 0.4) is 0 Å². The molecule has 0 aliphatic rings. The molecule has 0 fully saturated rings. The second-order valence-electron chi connectivity index (χ2n) is 19.3. The van der Waals surface area contributed by atoms with Crippen LogP contribution in [0.1, 0.15) is 0 Å². The summed E-state index contributed by atoms with van der Waals surface area (Å²) >= 11 is 0. The minimum atomic E-state index is 1.07. The lowest BCUT2D eigenvalue weighted by molar-refractivity contribution is 1.19. The first-order valence-electron chi connectivity index (χ1n) is 25.5. The smallest absolute Gasteiger partial charge is 0.0625 e. The SMILES string of the molecule is c1ccc(-c2cc(-c3ccccc3)cc(-c3ccc(N(c4ccc(-c5cc6ccccc6c6ccccc56)cc4)c4cccc(-c5cc6ccccc6c6c5c5ccccc5n6-c5ccccc5)c4)cc3)c2)cc1. The second-order valence-corrected chi connectivity index (χ2v) is 19.3. The molecule has 2 heteroatoms. The van der Waals surface area contributed by atoms with Crippen molar-refractivity contribution in [1.82, 2.24) is 4.57 Å². The van der Waals surface area contributed by atoms with Crippen LogP contribution in [-0.4, -0.2) is 4.57 Å². The first-order valence-corrected chi connectivity index (χ1v) is 25.5. The predicted octanol–water partition coefficient (Wildman–Crippen LogP) is 20.0. The fourth-order valence-corrected chi connectivity index (χ4v) is 11.4. The standard InChI is InChI=1S/C72H48N2/c1-4-19-49(20-5-1)56-43-57(50-21-6-2-7-22-50)45-58(44-56)51-35-39-60(40-36-51)73(61-41-37-52(38-42-61)68-47-54-23-10-12-29-63(54)65-31-14-15-32-66(65)68)62-28-18-25-53(46-62)69-48-55-24-11-13-30-64(55)72-71(69)67-33-16-17-34-70(67)74(72)59-26-8-3-9-27-59/h1-48H. The van der Waals surface area contributed by atoms with Crippen molar-refractivity contribution in [2.24, 2.45) is 0 Å². The van der Waals surface area contributed by atoms with Crippen molar-refractivity contribution in [3.8, 4) is 61.3 Å². The molecule has 0 unspecified atom stereocenters. The average Bonchev–Trinajstić information content (AvgIpc) is 3.87. The predicted molar refractivity (Wildman–Crippen MR) is 315 cm³/mol. The highest BCUT2D eigenvalue weighted by molar-refractivity contribution is 6.24. The Labute approximate surface area is 430 Å². The van der Waals surface area contributed by atoms with Gasteiger partial charge in [0.1, 0.15) is 0 Å². The molecular weight excluding hydrogens is 893 g/mol. The number of aromatic nitrogens is 1. The molecular formula is C72H48N2. The van der Waals surface area contributed by atoms with Gasteiger partial charge in [-0.25, -0.2) is 0 Å². The van der Waals surface area contributed by atoms with Gasteiger partial charge in [-0.15, -0.1) is 0 Å². The van der Waals surface area contributed by atoms with E-state index in [-0.39, 0.29) is 0 Å². The van der Waals surface area contributed by atoms with Crippen molar-refractivity contribution in [1.29, 1.82) is 0 Å². The summed E-state index contributed by atoms with van der Waals surface area (Å²) < 4.78 is 2.45. The van der Waals surface area contributed by atoms with Crippen molar-refractivity contribution in [2.45, 2.75) is 0 Å². The summed E-state index contributed by atoms with van der Waals surface area (Å²) in [6, 6.07) is 107. The Kier molecular flexibility index (Phi) is 10.6. The second kappa shape index (κ2) is 18.1. The molecule has 0 saturated carbocycles. The fraction of sp³-hybridized carbons (Fsp3) is 0. The first kappa shape index (κ1) is 43.1. The lowest BCUT2D eigenvalue weighted by Crippen LogP contribution is -2.10. The van der Waals surface area contributed by atoms with Gasteiger partial charge in [-0.05, 0) is 167 Å². The highest BCUT2D eigenvalue weighted by atomic mass is 15.1. The molecule has 0 bridgehead atoms. The van der Waals surface area contributed by atoms with E-state index in [9.17, 15) is 0 Å². The van der Waals surface area contributed by atoms with Gasteiger partial charge in [0.2, 0.25) is 0 Å². The molecule has 13 aromatic carbocycles. The molecule has 346 valence electrons. The summed E-state index contributed by atoms with van der Waals surface area (Å²) in [5.74, 6) is 0. The molecule has 74 heavy (non-hydrogen) atoms. The summed E-state index contributed by atoms with van der Waals surface area (Å²) in [5, 5.41) is 9.94. The molecule has 14 rings (SSSR count). The van der Waals surface area contributed by atoms with Crippen LogP contribution < -0.4 is 4.90 Å². The van der Waals surface area contributed by atoms with E-state index in [1.54, 1.807) is 0 Å². The van der Waals surface area contributed by atoms with Crippen LogP contribution >= 0.6 is 0 Å². The van der Waals surface area contributed by atoms with E-state index in [1.807, 2.05) is 0 Å². The topological polar surface area (TPSA) is 8.17 Å². The van der Waals surface area contributed by atoms with E-state index >= 15 is 0 Å². The lowest BCUT2D eigenvalue weighted by Gasteiger charge is -2.27. The summed E-state index contributed by atoms with van der Waals surface area (Å²) in [6.07, 6.45) is 0. The fourth-order valence-electron chi connectivity index (χ4n) is 11.4. The third-order valence-electron chi connectivity index (χ3n) is 14.9. The highest BCUT2D eigenvalue weighted by Crippen LogP contribution is 2.46. The molecule has 0 aliphatic carbocycles. The largest absolute Gasteiger partial charge is 0.310 e. The Bertz CT molecular complexity index is 4330. The van der Waals surface area contributed by atoms with Gasteiger partial charge in [0.25, 0.3) is 0 Å². The lowest BCUT2D eigenvalue weighted by atomic mass is 9.93. The molecule has 1 aromatic heterocycles. The van der Waals surface area contributed by atoms with E-state index < -0.39 is 0 Å². The van der Waals surface area contributed by atoms with Crippen molar-refractivity contribution in [3.05, 3.63) is 291 Å². The minimum Gasteiger partial charge on any atom is -0.310 e. The third kappa shape index (κ3) is 7.52. The molecule has 0 saturated heterocycles. The van der Waals surface area contributed by atoms with E-state index in [0.29, 0.717) is 0 Å². The van der Waals surface area contributed by atoms with Gasteiger partial charge in [-0.1, -0.05) is 206 Å². The Morgan fingerprint density at radius 1 is 0.243 bits per heavy atom. The van der Waals surface area contributed by atoms with Crippen LogP contribution in [0.15, 0.2) is 291 Å². The van der Waals surface area contributed by atoms with Crippen molar-refractivity contribution >= 4 is 71.2 Å². The number of hydrogen-bond acceptors (Lipinski definition) is 1. The molecule has 0 radical (unpaired) electrons. The Hall–Kier alpha value is -9.76. The Morgan fingerprint density at radius 2 is 0.703 bits per heavy atom. The number of fused-ring (bicyclic) bond motifs is 8. The van der Waals surface area contributed by atoms with Gasteiger partial charge in [-0.3, -0.25) is 0 Å². The van der Waals surface area contributed by atoms with Gasteiger partial charge >= 0.3 is 0 Å². The summed E-state index contributed by atoms with van der Waals surface area (Å²) in [6.45, 7) is 0. The number of anilines is 3. The van der Waals surface area contributed by atoms with Crippen LogP contribution in [-0.2, 0) is 0 Å². The van der Waals surface area contributed by atoms with Gasteiger partial charge in [-0.2, -0.15) is 0 Å². The zero-order valence-corrected chi connectivity index (χ0v) is 40.6. The molecule has 14 aromatic rings. The monoisotopic (exact) mass is 940 g/mol. The molecule has 0 aliphatic heterocycles. The zero-order chi connectivity index (χ0) is 49.0. The Balaban J connectivity index is 0.940. The maximum Gasteiger partial charge on any atom is 0.0625 e. The summed E-state index contributed by atoms with van der Waals surface area (Å²) in [7, 11) is 0. The molecule has 0 atom stereocenters. The summed E-state index contributed by atoms with van der Waals surface area (Å²) in [5.41, 5.74) is 18.6. The maximum atomic E-state index is 2.45. The van der Waals surface area contributed by atoms with Crippen molar-refractivity contribution < 1.29 is 0 Å². The van der Waals surface area contributed by atoms with Crippen LogP contribution in [0.5, 0.6) is 0 Å². The number of benzene rings is 13. The third-order valence-corrected chi connectivity index (χ3v) is 14.9.